The van der Waals surface area contributed by atoms with Crippen LogP contribution >= 0.6 is 0 Å². The van der Waals surface area contributed by atoms with Crippen LogP contribution in [0.3, 0.4) is 0 Å². The highest BCUT2D eigenvalue weighted by atomic mass is 19.1. The summed E-state index contributed by atoms with van der Waals surface area (Å²) in [6.45, 7) is 7.76. The first kappa shape index (κ1) is 25.7. The molecule has 3 aromatic rings. The average molecular weight is 496 g/mol. The molecule has 1 amide bonds. The number of amides is 1. The van der Waals surface area contributed by atoms with Crippen LogP contribution in [-0.2, 0) is 20.9 Å². The van der Waals surface area contributed by atoms with Gasteiger partial charge in [-0.3, -0.25) is 4.79 Å². The van der Waals surface area contributed by atoms with Crippen molar-refractivity contribution in [3.05, 3.63) is 71.7 Å². The van der Waals surface area contributed by atoms with Gasteiger partial charge in [0.05, 0.1) is 6.04 Å². The van der Waals surface area contributed by atoms with Gasteiger partial charge in [0.1, 0.15) is 18.0 Å². The maximum atomic E-state index is 13.6. The van der Waals surface area contributed by atoms with Gasteiger partial charge in [-0.25, -0.2) is 9.18 Å². The van der Waals surface area contributed by atoms with E-state index >= 15 is 0 Å². The summed E-state index contributed by atoms with van der Waals surface area (Å²) in [5.74, 6) is -0.0877. The Balaban J connectivity index is 0.000000384. The van der Waals surface area contributed by atoms with Crippen molar-refractivity contribution in [1.82, 2.24) is 14.8 Å². The molecule has 1 aromatic heterocycles. The highest BCUT2D eigenvalue weighted by Crippen LogP contribution is 2.42. The van der Waals surface area contributed by atoms with Gasteiger partial charge in [-0.05, 0) is 63.6 Å². The SMILES string of the molecule is CC(C)(C)OC=O.CN1CCC2C1C(c1c[nH]c3cc(F)ccc13)CN2C(=O)OCc1ccccc1. The van der Waals surface area contributed by atoms with E-state index in [1.807, 2.05) is 68.3 Å². The van der Waals surface area contributed by atoms with Gasteiger partial charge in [-0.1, -0.05) is 30.3 Å². The first-order valence-electron chi connectivity index (χ1n) is 12.2. The Labute approximate surface area is 211 Å². The minimum atomic E-state index is -0.318. The molecule has 0 spiro atoms. The van der Waals surface area contributed by atoms with E-state index in [2.05, 4.69) is 21.7 Å². The second kappa shape index (κ2) is 10.7. The number of benzene rings is 2. The van der Waals surface area contributed by atoms with Crippen molar-refractivity contribution < 1.29 is 23.5 Å². The van der Waals surface area contributed by atoms with Crippen LogP contribution < -0.4 is 0 Å². The fourth-order valence-electron chi connectivity index (χ4n) is 5.19. The molecule has 0 saturated carbocycles. The quantitative estimate of drug-likeness (QED) is 0.512. The third-order valence-electron chi connectivity index (χ3n) is 6.80. The van der Waals surface area contributed by atoms with E-state index in [0.29, 0.717) is 13.0 Å². The van der Waals surface area contributed by atoms with Gasteiger partial charge < -0.3 is 24.3 Å². The highest BCUT2D eigenvalue weighted by Gasteiger charge is 2.50. The minimum Gasteiger partial charge on any atom is -0.462 e. The number of aromatic amines is 1. The van der Waals surface area contributed by atoms with Crippen molar-refractivity contribution in [1.29, 1.82) is 0 Å². The molecule has 1 N–H and O–H groups in total. The van der Waals surface area contributed by atoms with Gasteiger partial charge in [-0.15, -0.1) is 0 Å². The summed E-state index contributed by atoms with van der Waals surface area (Å²) in [6, 6.07) is 15.0. The molecule has 2 saturated heterocycles. The summed E-state index contributed by atoms with van der Waals surface area (Å²) in [7, 11) is 2.12. The zero-order valence-corrected chi connectivity index (χ0v) is 21.2. The molecule has 3 atom stereocenters. The number of hydrogen-bond donors (Lipinski definition) is 1. The van der Waals surface area contributed by atoms with Crippen molar-refractivity contribution in [2.75, 3.05) is 20.1 Å². The van der Waals surface area contributed by atoms with Crippen LogP contribution in [0.5, 0.6) is 0 Å². The highest BCUT2D eigenvalue weighted by molar-refractivity contribution is 5.84. The predicted octanol–water partition coefficient (Wildman–Crippen LogP) is 5.07. The molecule has 0 aliphatic carbocycles. The number of likely N-dealkylation sites (N-methyl/N-ethyl adjacent to an activating group) is 1. The van der Waals surface area contributed by atoms with E-state index in [4.69, 9.17) is 4.74 Å². The lowest BCUT2D eigenvalue weighted by Crippen LogP contribution is -2.39. The van der Waals surface area contributed by atoms with Crippen molar-refractivity contribution in [2.45, 2.75) is 57.4 Å². The van der Waals surface area contributed by atoms with E-state index < -0.39 is 0 Å². The number of halogens is 1. The van der Waals surface area contributed by atoms with Crippen LogP contribution in [0.15, 0.2) is 54.7 Å². The maximum Gasteiger partial charge on any atom is 0.410 e. The number of H-pyrrole nitrogens is 1. The van der Waals surface area contributed by atoms with E-state index in [0.717, 1.165) is 35.0 Å². The predicted molar refractivity (Wildman–Crippen MR) is 136 cm³/mol. The average Bonchev–Trinajstić information content (AvgIpc) is 3.52. The largest absolute Gasteiger partial charge is 0.462 e. The Bertz CT molecular complexity index is 1190. The molecule has 0 radical (unpaired) electrons. The molecule has 2 aliphatic heterocycles. The lowest BCUT2D eigenvalue weighted by molar-refractivity contribution is -0.138. The Hall–Kier alpha value is -3.39. The Morgan fingerprint density at radius 3 is 2.61 bits per heavy atom. The minimum absolute atomic E-state index is 0.138. The van der Waals surface area contributed by atoms with Crippen LogP contribution in [0.25, 0.3) is 10.9 Å². The summed E-state index contributed by atoms with van der Waals surface area (Å²) < 4.78 is 23.8. The molecule has 8 heteroatoms. The number of aromatic nitrogens is 1. The first-order valence-corrected chi connectivity index (χ1v) is 12.2. The molecule has 5 rings (SSSR count). The van der Waals surface area contributed by atoms with E-state index in [9.17, 15) is 14.0 Å². The van der Waals surface area contributed by atoms with Crippen LogP contribution in [0.2, 0.25) is 0 Å². The van der Waals surface area contributed by atoms with Gasteiger partial charge in [0.25, 0.3) is 6.47 Å². The molecule has 2 fully saturated rings. The number of carbonyl (C=O) groups is 2. The van der Waals surface area contributed by atoms with Crippen molar-refractivity contribution >= 4 is 23.5 Å². The summed E-state index contributed by atoms with van der Waals surface area (Å²) >= 11 is 0. The molecule has 3 unspecified atom stereocenters. The number of fused-ring (bicyclic) bond motifs is 2. The molecule has 7 nitrogen and oxygen atoms in total. The molecule has 2 aromatic carbocycles. The Kier molecular flexibility index (Phi) is 7.64. The lowest BCUT2D eigenvalue weighted by atomic mass is 9.91. The smallest absolute Gasteiger partial charge is 0.410 e. The third-order valence-corrected chi connectivity index (χ3v) is 6.80. The second-order valence-corrected chi connectivity index (χ2v) is 10.4. The fourth-order valence-corrected chi connectivity index (χ4v) is 5.19. The number of rotatable bonds is 4. The molecular weight excluding hydrogens is 461 g/mol. The standard InChI is InChI=1S/C23H24FN3O2.C5H10O2/c1-26-10-9-21-22(26)19(18-12-25-20-11-16(24)7-8-17(18)20)13-27(21)23(28)29-14-15-5-3-2-4-6-15;1-5(2,3)7-4-6/h2-8,11-12,19,21-22,25H,9-10,13-14H2,1H3;4H,1-3H3. The Morgan fingerprint density at radius 1 is 1.19 bits per heavy atom. The normalized spacial score (nSPS) is 21.6. The number of nitrogens with one attached hydrogen (secondary N) is 1. The van der Waals surface area contributed by atoms with Crippen molar-refractivity contribution in [2.24, 2.45) is 0 Å². The van der Waals surface area contributed by atoms with Gasteiger partial charge in [0.15, 0.2) is 0 Å². The van der Waals surface area contributed by atoms with E-state index in [1.54, 1.807) is 0 Å². The summed E-state index contributed by atoms with van der Waals surface area (Å²) in [4.78, 5) is 29.9. The van der Waals surface area contributed by atoms with Gasteiger partial charge in [0.2, 0.25) is 0 Å². The molecule has 36 heavy (non-hydrogen) atoms. The number of ether oxygens (including phenoxy) is 2. The molecule has 3 heterocycles. The van der Waals surface area contributed by atoms with Crippen LogP contribution in [0, 0.1) is 5.82 Å². The molecule has 0 bridgehead atoms. The molecule has 2 aliphatic rings. The molecule has 192 valence electrons. The van der Waals surface area contributed by atoms with E-state index in [-0.39, 0.29) is 42.1 Å². The van der Waals surface area contributed by atoms with Crippen LogP contribution in [-0.4, -0.2) is 65.2 Å². The summed E-state index contributed by atoms with van der Waals surface area (Å²) in [6.07, 6.45) is 2.65. The Morgan fingerprint density at radius 2 is 1.94 bits per heavy atom. The summed E-state index contributed by atoms with van der Waals surface area (Å²) in [5, 5.41) is 1.02. The van der Waals surface area contributed by atoms with Crippen LogP contribution in [0.1, 0.15) is 44.2 Å². The third kappa shape index (κ3) is 5.70. The summed E-state index contributed by atoms with van der Waals surface area (Å²) in [5.41, 5.74) is 2.60. The van der Waals surface area contributed by atoms with Gasteiger partial charge >= 0.3 is 6.09 Å². The first-order chi connectivity index (χ1) is 17.2. The number of nitrogens with zero attached hydrogens (tertiary/aromatic N) is 2. The number of carbonyl (C=O) groups excluding carboxylic acids is 2. The zero-order chi connectivity index (χ0) is 25.9. The van der Waals surface area contributed by atoms with Gasteiger partial charge in [-0.2, -0.15) is 0 Å². The number of hydrogen-bond acceptors (Lipinski definition) is 5. The van der Waals surface area contributed by atoms with E-state index in [1.165, 1.54) is 12.1 Å². The maximum absolute atomic E-state index is 13.6. The second-order valence-electron chi connectivity index (χ2n) is 10.4. The number of likely N-dealkylation sites (tertiary alicyclic amines) is 2. The van der Waals surface area contributed by atoms with Crippen molar-refractivity contribution in [3.8, 4) is 0 Å². The lowest BCUT2D eigenvalue weighted by Gasteiger charge is -2.24. The fraction of sp³-hybridized carbons (Fsp3) is 0.429. The molecular formula is C28H34FN3O4. The van der Waals surface area contributed by atoms with Crippen LogP contribution in [0.4, 0.5) is 9.18 Å². The topological polar surface area (TPSA) is 74.9 Å². The zero-order valence-electron chi connectivity index (χ0n) is 21.2. The van der Waals surface area contributed by atoms with Gasteiger partial charge in [0, 0.05) is 42.1 Å². The van der Waals surface area contributed by atoms with Crippen molar-refractivity contribution in [3.63, 3.8) is 0 Å². The monoisotopic (exact) mass is 495 g/mol.